The molecule has 0 fully saturated rings. The number of carbonyl (C=O) groups is 1. The van der Waals surface area contributed by atoms with Gasteiger partial charge < -0.3 is 0 Å². The molecule has 0 bridgehead atoms. The van der Waals surface area contributed by atoms with Crippen molar-refractivity contribution in [3.05, 3.63) is 34.9 Å². The number of nitrogens with one attached hydrogen (secondary N) is 2. The van der Waals surface area contributed by atoms with Crippen molar-refractivity contribution in [3.8, 4) is 0 Å². The molecule has 1 heterocycles. The van der Waals surface area contributed by atoms with Gasteiger partial charge in [0, 0.05) is 6.04 Å². The second-order valence-electron chi connectivity index (χ2n) is 4.74. The largest absolute Gasteiger partial charge is 0.296 e. The minimum Gasteiger partial charge on any atom is -0.296 e. The first-order valence-electron chi connectivity index (χ1n) is 6.75. The topological polar surface area (TPSA) is 101 Å². The van der Waals surface area contributed by atoms with E-state index in [0.717, 1.165) is 11.3 Å². The third-order valence-electron chi connectivity index (χ3n) is 2.94. The molecule has 0 saturated heterocycles. The van der Waals surface area contributed by atoms with Crippen molar-refractivity contribution in [3.63, 3.8) is 0 Å². The van der Waals surface area contributed by atoms with Crippen LogP contribution in [0.1, 0.15) is 30.6 Å². The van der Waals surface area contributed by atoms with E-state index in [1.165, 1.54) is 0 Å². The maximum Gasteiger partial charge on any atom is 0.270 e. The summed E-state index contributed by atoms with van der Waals surface area (Å²) in [4.78, 5) is 12.1. The molecule has 2 N–H and O–H groups in total. The first kappa shape index (κ1) is 17.8. The van der Waals surface area contributed by atoms with Crippen molar-refractivity contribution in [1.82, 2.24) is 14.9 Å². The average Bonchev–Trinajstić information content (AvgIpc) is 2.96. The van der Waals surface area contributed by atoms with Crippen LogP contribution in [0.5, 0.6) is 0 Å². The molecular weight excluding hydrogens is 360 g/mol. The third kappa shape index (κ3) is 4.47. The van der Waals surface area contributed by atoms with Gasteiger partial charge >= 0.3 is 0 Å². The van der Waals surface area contributed by atoms with Crippen molar-refractivity contribution in [2.24, 2.45) is 0 Å². The summed E-state index contributed by atoms with van der Waals surface area (Å²) in [6.45, 7) is 3.61. The Hall–Kier alpha value is -1.55. The summed E-state index contributed by atoms with van der Waals surface area (Å²) in [6.07, 6.45) is 0.647. The van der Waals surface area contributed by atoms with Gasteiger partial charge in [0.2, 0.25) is 9.47 Å². The van der Waals surface area contributed by atoms with E-state index in [1.54, 1.807) is 31.2 Å². The van der Waals surface area contributed by atoms with Crippen molar-refractivity contribution in [2.45, 2.75) is 30.6 Å². The molecule has 1 aromatic heterocycles. The molecule has 1 atom stereocenters. The lowest BCUT2D eigenvalue weighted by Crippen LogP contribution is -2.31. The molecule has 2 aromatic rings. The molecule has 1 amide bonds. The van der Waals surface area contributed by atoms with Gasteiger partial charge in [0.15, 0.2) is 0 Å². The summed E-state index contributed by atoms with van der Waals surface area (Å²) < 4.78 is 26.4. The number of rotatable bonds is 6. The minimum atomic E-state index is -3.74. The van der Waals surface area contributed by atoms with Gasteiger partial charge in [-0.1, -0.05) is 42.0 Å². The Kier molecular flexibility index (Phi) is 5.69. The van der Waals surface area contributed by atoms with Crippen LogP contribution >= 0.6 is 22.9 Å². The molecule has 0 spiro atoms. The second kappa shape index (κ2) is 7.35. The molecule has 0 radical (unpaired) electrons. The predicted octanol–water partition coefficient (Wildman–Crippen LogP) is 2.52. The van der Waals surface area contributed by atoms with Gasteiger partial charge in [-0.05, 0) is 25.5 Å². The maximum atomic E-state index is 12.1. The van der Waals surface area contributed by atoms with Gasteiger partial charge in [0.25, 0.3) is 15.9 Å². The second-order valence-corrected chi connectivity index (χ2v) is 8.01. The van der Waals surface area contributed by atoms with Crippen LogP contribution in [0.25, 0.3) is 0 Å². The van der Waals surface area contributed by atoms with Crippen LogP contribution in [-0.2, 0) is 10.0 Å². The average molecular weight is 375 g/mol. The summed E-state index contributed by atoms with van der Waals surface area (Å²) in [6, 6.07) is 6.30. The summed E-state index contributed by atoms with van der Waals surface area (Å²) in [7, 11) is -3.74. The van der Waals surface area contributed by atoms with E-state index in [9.17, 15) is 13.2 Å². The lowest BCUT2D eigenvalue weighted by atomic mass is 10.2. The zero-order chi connectivity index (χ0) is 17.0. The van der Waals surface area contributed by atoms with Crippen LogP contribution in [0, 0.1) is 0 Å². The van der Waals surface area contributed by atoms with Crippen LogP contribution in [0.3, 0.4) is 0 Å². The van der Waals surface area contributed by atoms with Gasteiger partial charge in [-0.25, -0.2) is 13.1 Å². The van der Waals surface area contributed by atoms with E-state index in [2.05, 4.69) is 20.2 Å². The number of halogens is 1. The van der Waals surface area contributed by atoms with Gasteiger partial charge in [-0.3, -0.25) is 10.1 Å². The van der Waals surface area contributed by atoms with E-state index in [1.807, 2.05) is 6.92 Å². The Morgan fingerprint density at radius 2 is 2.04 bits per heavy atom. The van der Waals surface area contributed by atoms with E-state index in [-0.39, 0.29) is 21.1 Å². The fraction of sp³-hybridized carbons (Fsp3) is 0.308. The van der Waals surface area contributed by atoms with E-state index in [4.69, 9.17) is 11.6 Å². The molecule has 23 heavy (non-hydrogen) atoms. The highest BCUT2D eigenvalue weighted by molar-refractivity contribution is 7.91. The number of sulfonamides is 1. The van der Waals surface area contributed by atoms with Crippen molar-refractivity contribution < 1.29 is 13.2 Å². The molecule has 0 aliphatic heterocycles. The zero-order valence-electron chi connectivity index (χ0n) is 12.4. The lowest BCUT2D eigenvalue weighted by Gasteiger charge is -2.08. The Bertz CT molecular complexity index is 807. The van der Waals surface area contributed by atoms with Crippen molar-refractivity contribution in [1.29, 1.82) is 0 Å². The van der Waals surface area contributed by atoms with E-state index in [0.29, 0.717) is 11.4 Å². The standard InChI is InChI=1S/C13H15ClN4O3S2/c1-3-8(2)18-23(20,21)13-17-16-12(22-13)15-11(19)9-6-4-5-7-10(9)14/h4-8,18H,3H2,1-2H3,(H,15,16,19)/t8-/m0/s1. The molecule has 0 unspecified atom stereocenters. The predicted molar refractivity (Wildman–Crippen MR) is 89.4 cm³/mol. The molecule has 0 aliphatic carbocycles. The third-order valence-corrected chi connectivity index (χ3v) is 6.07. The Balaban J connectivity index is 2.14. The van der Waals surface area contributed by atoms with E-state index < -0.39 is 15.9 Å². The first-order valence-corrected chi connectivity index (χ1v) is 9.43. The molecule has 0 aliphatic rings. The minimum absolute atomic E-state index is 0.0828. The Morgan fingerprint density at radius 3 is 2.70 bits per heavy atom. The molecule has 7 nitrogen and oxygen atoms in total. The summed E-state index contributed by atoms with van der Waals surface area (Å²) in [5.74, 6) is -0.481. The van der Waals surface area contributed by atoms with Crippen LogP contribution in [0.2, 0.25) is 5.02 Å². The van der Waals surface area contributed by atoms with Crippen LogP contribution in [0.4, 0.5) is 5.13 Å². The number of hydrogen-bond acceptors (Lipinski definition) is 6. The number of amides is 1. The van der Waals surface area contributed by atoms with Gasteiger partial charge in [-0.15, -0.1) is 10.2 Å². The highest BCUT2D eigenvalue weighted by atomic mass is 35.5. The number of hydrogen-bond donors (Lipinski definition) is 2. The normalized spacial score (nSPS) is 12.8. The van der Waals surface area contributed by atoms with Crippen molar-refractivity contribution in [2.75, 3.05) is 5.32 Å². The fourth-order valence-electron chi connectivity index (χ4n) is 1.58. The summed E-state index contributed by atoms with van der Waals surface area (Å²) >= 11 is 6.71. The number of anilines is 1. The smallest absolute Gasteiger partial charge is 0.270 e. The van der Waals surface area contributed by atoms with Gasteiger partial charge in [0.05, 0.1) is 10.6 Å². The van der Waals surface area contributed by atoms with Crippen LogP contribution in [-0.4, -0.2) is 30.6 Å². The molecule has 1 aromatic carbocycles. The molecule has 124 valence electrons. The molecular formula is C13H15ClN4O3S2. The van der Waals surface area contributed by atoms with Crippen LogP contribution < -0.4 is 10.0 Å². The molecule has 2 rings (SSSR count). The highest BCUT2D eigenvalue weighted by Crippen LogP contribution is 2.22. The Labute approximate surface area is 143 Å². The fourth-order valence-corrected chi connectivity index (χ4v) is 4.04. The highest BCUT2D eigenvalue weighted by Gasteiger charge is 2.22. The molecule has 0 saturated carbocycles. The number of benzene rings is 1. The monoisotopic (exact) mass is 374 g/mol. The Morgan fingerprint density at radius 1 is 1.35 bits per heavy atom. The van der Waals surface area contributed by atoms with E-state index >= 15 is 0 Å². The quantitative estimate of drug-likeness (QED) is 0.756. The number of carbonyl (C=O) groups excluding carboxylic acids is 1. The SMILES string of the molecule is CC[C@H](C)NS(=O)(=O)c1nnc(NC(=O)c2ccccc2Cl)s1. The van der Waals surface area contributed by atoms with Gasteiger partial charge in [0.1, 0.15) is 0 Å². The van der Waals surface area contributed by atoms with Gasteiger partial charge in [-0.2, -0.15) is 0 Å². The zero-order valence-corrected chi connectivity index (χ0v) is 14.8. The number of aromatic nitrogens is 2. The van der Waals surface area contributed by atoms with Crippen LogP contribution in [0.15, 0.2) is 28.6 Å². The maximum absolute atomic E-state index is 12.1. The number of nitrogens with zero attached hydrogens (tertiary/aromatic N) is 2. The molecule has 10 heteroatoms. The summed E-state index contributed by atoms with van der Waals surface area (Å²) in [5.41, 5.74) is 0.270. The first-order chi connectivity index (χ1) is 10.8. The summed E-state index contributed by atoms with van der Waals surface area (Å²) in [5, 5.41) is 10.2. The lowest BCUT2D eigenvalue weighted by molar-refractivity contribution is 0.102. The van der Waals surface area contributed by atoms with Crippen molar-refractivity contribution >= 4 is 44.0 Å².